The average Bonchev–Trinajstić information content (AvgIpc) is 2.25. The average molecular weight is 273 g/mol. The first-order valence-corrected chi connectivity index (χ1v) is 7.13. The van der Waals surface area contributed by atoms with E-state index in [1.54, 1.807) is 0 Å². The fourth-order valence-electron chi connectivity index (χ4n) is 1.68. The van der Waals surface area contributed by atoms with Gasteiger partial charge in [0.15, 0.2) is 0 Å². The van der Waals surface area contributed by atoms with Gasteiger partial charge in [-0.05, 0) is 12.3 Å². The Morgan fingerprint density at radius 1 is 1.44 bits per heavy atom. The summed E-state index contributed by atoms with van der Waals surface area (Å²) < 4.78 is 0. The van der Waals surface area contributed by atoms with Crippen molar-refractivity contribution in [2.24, 2.45) is 11.7 Å². The number of thiocarbonyl (C=S) groups is 1. The van der Waals surface area contributed by atoms with E-state index in [9.17, 15) is 4.79 Å². The zero-order chi connectivity index (χ0) is 14.0. The molecule has 0 aliphatic heterocycles. The molecular weight excluding hydrogens is 246 g/mol. The van der Waals surface area contributed by atoms with Crippen molar-refractivity contribution in [2.75, 3.05) is 26.2 Å². The van der Waals surface area contributed by atoms with E-state index in [4.69, 9.17) is 18.0 Å². The maximum Gasteiger partial charge on any atom is 0.234 e. The Labute approximate surface area is 116 Å². The van der Waals surface area contributed by atoms with Crippen LogP contribution in [0, 0.1) is 5.92 Å². The van der Waals surface area contributed by atoms with E-state index in [-0.39, 0.29) is 5.91 Å². The van der Waals surface area contributed by atoms with Crippen molar-refractivity contribution >= 4 is 23.1 Å². The molecule has 0 rings (SSSR count). The maximum atomic E-state index is 11.7. The summed E-state index contributed by atoms with van der Waals surface area (Å²) in [6.07, 6.45) is 2.80. The molecule has 0 aromatic carbocycles. The van der Waals surface area contributed by atoms with Crippen molar-refractivity contribution in [3.05, 3.63) is 0 Å². The summed E-state index contributed by atoms with van der Waals surface area (Å²) in [7, 11) is 0. The molecule has 0 spiro atoms. The minimum atomic E-state index is 0.0899. The monoisotopic (exact) mass is 273 g/mol. The van der Waals surface area contributed by atoms with Crippen LogP contribution in [0.2, 0.25) is 0 Å². The molecule has 1 amide bonds. The molecular formula is C13H27N3OS. The number of hydrogen-bond donors (Lipinski definition) is 2. The molecule has 0 aromatic heterocycles. The zero-order valence-corrected chi connectivity index (χ0v) is 12.7. The number of carbonyl (C=O) groups is 1. The smallest absolute Gasteiger partial charge is 0.234 e. The van der Waals surface area contributed by atoms with Gasteiger partial charge in [0.05, 0.1) is 11.5 Å². The highest BCUT2D eigenvalue weighted by Crippen LogP contribution is 2.00. The lowest BCUT2D eigenvalue weighted by Gasteiger charge is -2.23. The van der Waals surface area contributed by atoms with Crippen LogP contribution < -0.4 is 11.1 Å². The fourth-order valence-corrected chi connectivity index (χ4v) is 1.77. The van der Waals surface area contributed by atoms with Crippen LogP contribution in [0.25, 0.3) is 0 Å². The first-order valence-electron chi connectivity index (χ1n) is 6.73. The molecule has 18 heavy (non-hydrogen) atoms. The summed E-state index contributed by atoms with van der Waals surface area (Å²) in [5.41, 5.74) is 5.50. The molecule has 0 atom stereocenters. The number of amides is 1. The van der Waals surface area contributed by atoms with Crippen LogP contribution in [-0.4, -0.2) is 42.0 Å². The summed E-state index contributed by atoms with van der Waals surface area (Å²) in [4.78, 5) is 14.4. The van der Waals surface area contributed by atoms with E-state index in [0.29, 0.717) is 23.9 Å². The zero-order valence-electron chi connectivity index (χ0n) is 11.9. The van der Waals surface area contributed by atoms with Gasteiger partial charge in [-0.1, -0.05) is 39.4 Å². The van der Waals surface area contributed by atoms with Crippen LogP contribution in [0.5, 0.6) is 0 Å². The second-order valence-electron chi connectivity index (χ2n) is 5.05. The second-order valence-corrected chi connectivity index (χ2v) is 5.57. The number of hydrogen-bond acceptors (Lipinski definition) is 3. The first kappa shape index (κ1) is 17.3. The Morgan fingerprint density at radius 2 is 2.11 bits per heavy atom. The van der Waals surface area contributed by atoms with E-state index in [1.165, 1.54) is 0 Å². The van der Waals surface area contributed by atoms with Gasteiger partial charge < -0.3 is 11.1 Å². The highest BCUT2D eigenvalue weighted by atomic mass is 32.1. The molecule has 106 valence electrons. The van der Waals surface area contributed by atoms with Gasteiger partial charge in [-0.3, -0.25) is 9.69 Å². The lowest BCUT2D eigenvalue weighted by atomic mass is 10.2. The molecule has 0 aromatic rings. The minimum absolute atomic E-state index is 0.0899. The lowest BCUT2D eigenvalue weighted by molar-refractivity contribution is -0.122. The molecule has 5 heteroatoms. The molecule has 0 saturated heterocycles. The molecule has 4 nitrogen and oxygen atoms in total. The highest BCUT2D eigenvalue weighted by molar-refractivity contribution is 7.80. The summed E-state index contributed by atoms with van der Waals surface area (Å²) >= 11 is 4.88. The third-order valence-electron chi connectivity index (χ3n) is 2.52. The number of rotatable bonds is 10. The van der Waals surface area contributed by atoms with Crippen molar-refractivity contribution in [1.29, 1.82) is 0 Å². The van der Waals surface area contributed by atoms with Crippen LogP contribution in [0.1, 0.15) is 40.0 Å². The number of nitrogens with two attached hydrogens (primary N) is 1. The van der Waals surface area contributed by atoms with E-state index in [0.717, 1.165) is 32.5 Å². The highest BCUT2D eigenvalue weighted by Gasteiger charge is 2.12. The summed E-state index contributed by atoms with van der Waals surface area (Å²) in [6, 6.07) is 0. The van der Waals surface area contributed by atoms with Crippen LogP contribution in [-0.2, 0) is 4.79 Å². The third kappa shape index (κ3) is 10.5. The maximum absolute atomic E-state index is 11.7. The van der Waals surface area contributed by atoms with E-state index >= 15 is 0 Å². The Hall–Kier alpha value is -0.680. The number of carbonyl (C=O) groups excluding carboxylic acids is 1. The van der Waals surface area contributed by atoms with Crippen molar-refractivity contribution in [1.82, 2.24) is 10.2 Å². The van der Waals surface area contributed by atoms with Crippen LogP contribution in [0.4, 0.5) is 0 Å². The summed E-state index contributed by atoms with van der Waals surface area (Å²) in [5, 5.41) is 2.93. The van der Waals surface area contributed by atoms with Crippen LogP contribution in [0.15, 0.2) is 0 Å². The molecule has 0 radical (unpaired) electrons. The molecule has 0 aliphatic rings. The number of nitrogens with one attached hydrogen (secondary N) is 1. The predicted octanol–water partition coefficient (Wildman–Crippen LogP) is 1.54. The fraction of sp³-hybridized carbons (Fsp3) is 0.846. The molecule has 0 saturated carbocycles. The Morgan fingerprint density at radius 3 is 2.61 bits per heavy atom. The van der Waals surface area contributed by atoms with Gasteiger partial charge in [0.2, 0.25) is 5.91 Å². The molecule has 0 aliphatic carbocycles. The van der Waals surface area contributed by atoms with Crippen molar-refractivity contribution in [3.8, 4) is 0 Å². The third-order valence-corrected chi connectivity index (χ3v) is 2.72. The number of nitrogens with zero attached hydrogens (tertiary/aromatic N) is 1. The van der Waals surface area contributed by atoms with Gasteiger partial charge in [-0.2, -0.15) is 0 Å². The van der Waals surface area contributed by atoms with Crippen molar-refractivity contribution in [2.45, 2.75) is 40.0 Å². The number of unbranched alkanes of at least 4 members (excludes halogenated alkanes) is 1. The van der Waals surface area contributed by atoms with Crippen LogP contribution >= 0.6 is 12.2 Å². The van der Waals surface area contributed by atoms with Crippen molar-refractivity contribution < 1.29 is 4.79 Å². The minimum Gasteiger partial charge on any atom is -0.393 e. The molecule has 0 unspecified atom stereocenters. The van der Waals surface area contributed by atoms with Gasteiger partial charge in [0.1, 0.15) is 0 Å². The topological polar surface area (TPSA) is 58.4 Å². The Balaban J connectivity index is 4.04. The van der Waals surface area contributed by atoms with E-state index in [2.05, 4.69) is 31.0 Å². The normalized spacial score (nSPS) is 10.9. The molecule has 0 bridgehead atoms. The summed E-state index contributed by atoms with van der Waals surface area (Å²) in [5.74, 6) is 0.617. The quantitative estimate of drug-likeness (QED) is 0.468. The second kappa shape index (κ2) is 10.3. The van der Waals surface area contributed by atoms with E-state index in [1.807, 2.05) is 0 Å². The van der Waals surface area contributed by atoms with Crippen LogP contribution in [0.3, 0.4) is 0 Å². The SMILES string of the molecule is CCCCNC(=O)CN(CCC(N)=S)CC(C)C. The van der Waals surface area contributed by atoms with Gasteiger partial charge in [-0.15, -0.1) is 0 Å². The van der Waals surface area contributed by atoms with Gasteiger partial charge in [0, 0.05) is 26.1 Å². The molecule has 0 heterocycles. The largest absolute Gasteiger partial charge is 0.393 e. The molecule has 3 N–H and O–H groups in total. The first-order chi connectivity index (χ1) is 8.45. The van der Waals surface area contributed by atoms with Gasteiger partial charge in [-0.25, -0.2) is 0 Å². The Bertz CT molecular complexity index is 257. The molecule has 0 fully saturated rings. The summed E-state index contributed by atoms with van der Waals surface area (Å²) in [6.45, 7) is 9.24. The lowest BCUT2D eigenvalue weighted by Crippen LogP contribution is -2.40. The van der Waals surface area contributed by atoms with Gasteiger partial charge >= 0.3 is 0 Å². The predicted molar refractivity (Wildman–Crippen MR) is 80.6 cm³/mol. The van der Waals surface area contributed by atoms with Crippen molar-refractivity contribution in [3.63, 3.8) is 0 Å². The van der Waals surface area contributed by atoms with Gasteiger partial charge in [0.25, 0.3) is 0 Å². The standard InChI is InChI=1S/C13H27N3OS/c1-4-5-7-15-13(17)10-16(9-11(2)3)8-6-12(14)18/h11H,4-10H2,1-3H3,(H2,14,18)(H,15,17). The Kier molecular flexibility index (Phi) is 9.87. The van der Waals surface area contributed by atoms with E-state index < -0.39 is 0 Å².